The molecule has 0 spiro atoms. The van der Waals surface area contributed by atoms with Gasteiger partial charge in [0.25, 0.3) is 0 Å². The first-order valence-corrected chi connectivity index (χ1v) is 6.36. The molecule has 0 saturated heterocycles. The van der Waals surface area contributed by atoms with E-state index in [9.17, 15) is 13.2 Å². The van der Waals surface area contributed by atoms with Crippen molar-refractivity contribution in [1.82, 2.24) is 14.8 Å². The molecule has 3 aromatic rings. The second-order valence-corrected chi connectivity index (χ2v) is 4.65. The van der Waals surface area contributed by atoms with Gasteiger partial charge in [0.1, 0.15) is 17.5 Å². The van der Waals surface area contributed by atoms with Gasteiger partial charge in [0.15, 0.2) is 10.6 Å². The Morgan fingerprint density at radius 1 is 1.00 bits per heavy atom. The fraction of sp³-hybridized carbons (Fsp3) is 0. The molecular formula is C14H8F3N3S. The number of H-pyrrole nitrogens is 1. The minimum absolute atomic E-state index is 0.0544. The first-order valence-electron chi connectivity index (χ1n) is 5.95. The van der Waals surface area contributed by atoms with Gasteiger partial charge < -0.3 is 0 Å². The van der Waals surface area contributed by atoms with Crippen LogP contribution in [-0.4, -0.2) is 14.8 Å². The van der Waals surface area contributed by atoms with Crippen molar-refractivity contribution in [3.05, 3.63) is 64.7 Å². The van der Waals surface area contributed by atoms with Crippen molar-refractivity contribution in [2.24, 2.45) is 0 Å². The van der Waals surface area contributed by atoms with E-state index in [-0.39, 0.29) is 10.6 Å². The Bertz CT molecular complexity index is 832. The lowest BCUT2D eigenvalue weighted by Gasteiger charge is -2.08. The average Bonchev–Trinajstić information content (AvgIpc) is 2.80. The summed E-state index contributed by atoms with van der Waals surface area (Å²) in [6, 6.07) is 9.95. The van der Waals surface area contributed by atoms with Crippen LogP contribution in [0.4, 0.5) is 13.2 Å². The molecule has 0 aliphatic rings. The zero-order valence-electron chi connectivity index (χ0n) is 10.5. The van der Waals surface area contributed by atoms with Gasteiger partial charge in [-0.2, -0.15) is 5.10 Å². The highest BCUT2D eigenvalue weighted by Crippen LogP contribution is 2.27. The first kappa shape index (κ1) is 13.6. The Labute approximate surface area is 122 Å². The Kier molecular flexibility index (Phi) is 3.34. The zero-order valence-corrected chi connectivity index (χ0v) is 11.3. The predicted octanol–water partition coefficient (Wildman–Crippen LogP) is 4.01. The van der Waals surface area contributed by atoms with Crippen molar-refractivity contribution < 1.29 is 13.2 Å². The topological polar surface area (TPSA) is 33.6 Å². The number of para-hydroxylation sites is 1. The van der Waals surface area contributed by atoms with E-state index >= 15 is 0 Å². The van der Waals surface area contributed by atoms with Crippen molar-refractivity contribution in [2.75, 3.05) is 0 Å². The summed E-state index contributed by atoms with van der Waals surface area (Å²) in [6.45, 7) is 0. The maximum Gasteiger partial charge on any atom is 0.200 e. The maximum atomic E-state index is 13.9. The van der Waals surface area contributed by atoms with Gasteiger partial charge in [0.2, 0.25) is 0 Å². The number of nitrogens with one attached hydrogen (secondary N) is 1. The first-order chi connectivity index (χ1) is 10.1. The molecule has 0 aliphatic heterocycles. The van der Waals surface area contributed by atoms with Gasteiger partial charge in [-0.1, -0.05) is 18.2 Å². The molecule has 2 aromatic carbocycles. The summed E-state index contributed by atoms with van der Waals surface area (Å²) >= 11 is 5.09. The van der Waals surface area contributed by atoms with Crippen LogP contribution in [0, 0.1) is 22.2 Å². The number of halogens is 3. The molecule has 0 amide bonds. The lowest BCUT2D eigenvalue weighted by molar-refractivity contribution is 0.546. The summed E-state index contributed by atoms with van der Waals surface area (Å²) in [5.41, 5.74) is 0.155. The number of rotatable bonds is 2. The number of hydrogen-bond acceptors (Lipinski definition) is 2. The molecule has 7 heteroatoms. The molecule has 3 nitrogen and oxygen atoms in total. The van der Waals surface area contributed by atoms with Crippen LogP contribution in [0.5, 0.6) is 0 Å². The molecule has 3 rings (SSSR count). The van der Waals surface area contributed by atoms with Crippen LogP contribution in [-0.2, 0) is 0 Å². The highest BCUT2D eigenvalue weighted by molar-refractivity contribution is 7.71. The van der Waals surface area contributed by atoms with Gasteiger partial charge in [-0.15, -0.1) is 0 Å². The Morgan fingerprint density at radius 2 is 1.62 bits per heavy atom. The van der Waals surface area contributed by atoms with E-state index in [1.807, 2.05) is 0 Å². The Morgan fingerprint density at radius 3 is 2.24 bits per heavy atom. The predicted molar refractivity (Wildman–Crippen MR) is 74.1 cm³/mol. The van der Waals surface area contributed by atoms with E-state index in [2.05, 4.69) is 10.2 Å². The number of hydrogen-bond donors (Lipinski definition) is 1. The second-order valence-electron chi connectivity index (χ2n) is 4.27. The maximum absolute atomic E-state index is 13.9. The average molecular weight is 307 g/mol. The van der Waals surface area contributed by atoms with Crippen LogP contribution >= 0.6 is 12.2 Å². The lowest BCUT2D eigenvalue weighted by atomic mass is 10.1. The minimum atomic E-state index is -1.04. The van der Waals surface area contributed by atoms with Gasteiger partial charge >= 0.3 is 0 Å². The monoisotopic (exact) mass is 307 g/mol. The lowest BCUT2D eigenvalue weighted by Crippen LogP contribution is -2.01. The molecule has 1 heterocycles. The third-order valence-corrected chi connectivity index (χ3v) is 3.19. The molecular weight excluding hydrogens is 299 g/mol. The Balaban J connectivity index is 2.30. The highest BCUT2D eigenvalue weighted by Gasteiger charge is 2.20. The molecule has 0 bridgehead atoms. The summed E-state index contributed by atoms with van der Waals surface area (Å²) in [4.78, 5) is 0. The molecule has 0 unspecified atom stereocenters. The van der Waals surface area contributed by atoms with E-state index < -0.39 is 23.0 Å². The summed E-state index contributed by atoms with van der Waals surface area (Å²) in [5, 5.41) is 6.35. The smallest absolute Gasteiger partial charge is 0.200 e. The summed E-state index contributed by atoms with van der Waals surface area (Å²) in [5.74, 6) is -3.13. The van der Waals surface area contributed by atoms with Crippen molar-refractivity contribution in [3.8, 4) is 17.1 Å². The largest absolute Gasteiger partial charge is 0.268 e. The van der Waals surface area contributed by atoms with Gasteiger partial charge in [-0.3, -0.25) is 9.67 Å². The molecule has 0 saturated carbocycles. The van der Waals surface area contributed by atoms with E-state index in [4.69, 9.17) is 12.2 Å². The summed E-state index contributed by atoms with van der Waals surface area (Å²) < 4.78 is 42.4. The van der Waals surface area contributed by atoms with Crippen LogP contribution in [0.2, 0.25) is 0 Å². The van der Waals surface area contributed by atoms with E-state index in [1.54, 1.807) is 30.3 Å². The van der Waals surface area contributed by atoms with Crippen molar-refractivity contribution in [2.45, 2.75) is 0 Å². The van der Waals surface area contributed by atoms with Crippen LogP contribution in [0.3, 0.4) is 0 Å². The third kappa shape index (κ3) is 2.36. The molecule has 0 aliphatic carbocycles. The number of aromatic nitrogens is 3. The van der Waals surface area contributed by atoms with Gasteiger partial charge in [-0.05, 0) is 24.4 Å². The Hall–Kier alpha value is -2.41. The molecule has 0 radical (unpaired) electrons. The van der Waals surface area contributed by atoms with E-state index in [0.717, 1.165) is 0 Å². The van der Waals surface area contributed by atoms with Crippen LogP contribution in [0.15, 0.2) is 42.5 Å². The molecule has 21 heavy (non-hydrogen) atoms. The number of benzene rings is 2. The van der Waals surface area contributed by atoms with Crippen LogP contribution in [0.25, 0.3) is 17.1 Å². The minimum Gasteiger partial charge on any atom is -0.268 e. The molecule has 0 atom stereocenters. The molecule has 1 N–H and O–H groups in total. The van der Waals surface area contributed by atoms with E-state index in [0.29, 0.717) is 17.8 Å². The van der Waals surface area contributed by atoms with Crippen molar-refractivity contribution in [1.29, 1.82) is 0 Å². The second kappa shape index (κ2) is 5.17. The van der Waals surface area contributed by atoms with Crippen molar-refractivity contribution >= 4 is 12.2 Å². The fourth-order valence-corrected chi connectivity index (χ4v) is 2.27. The molecule has 1 aromatic heterocycles. The highest BCUT2D eigenvalue weighted by atomic mass is 32.1. The van der Waals surface area contributed by atoms with Gasteiger partial charge in [0, 0.05) is 17.8 Å². The summed E-state index contributed by atoms with van der Waals surface area (Å²) in [7, 11) is 0. The SMILES string of the molecule is Fc1cc(F)c(-c2n[nH]c(=S)n2-c2ccccc2)c(F)c1. The van der Waals surface area contributed by atoms with E-state index in [1.165, 1.54) is 4.57 Å². The normalized spacial score (nSPS) is 10.8. The third-order valence-electron chi connectivity index (χ3n) is 2.92. The van der Waals surface area contributed by atoms with Crippen molar-refractivity contribution in [3.63, 3.8) is 0 Å². The molecule has 106 valence electrons. The van der Waals surface area contributed by atoms with Gasteiger partial charge in [-0.25, -0.2) is 13.2 Å². The quantitative estimate of drug-likeness (QED) is 0.726. The molecule has 0 fully saturated rings. The van der Waals surface area contributed by atoms with Gasteiger partial charge in [0.05, 0.1) is 5.56 Å². The zero-order chi connectivity index (χ0) is 15.0. The standard InChI is InChI=1S/C14H8F3N3S/c15-8-6-10(16)12(11(17)7-8)13-18-19-14(21)20(13)9-4-2-1-3-5-9/h1-7H,(H,19,21). The van der Waals surface area contributed by atoms with Crippen LogP contribution < -0.4 is 0 Å². The summed E-state index contributed by atoms with van der Waals surface area (Å²) in [6.07, 6.45) is 0. The fourth-order valence-electron chi connectivity index (χ4n) is 2.04. The number of nitrogens with zero attached hydrogens (tertiary/aromatic N) is 2. The van der Waals surface area contributed by atoms with Crippen LogP contribution in [0.1, 0.15) is 0 Å². The number of aromatic amines is 1.